The molecule has 22 heavy (non-hydrogen) atoms. The molecule has 2 aliphatic rings. The molecule has 2 heterocycles. The van der Waals surface area contributed by atoms with Crippen LogP contribution in [0.4, 0.5) is 0 Å². The first-order valence-corrected chi connectivity index (χ1v) is 7.84. The normalized spacial score (nSPS) is 23.4. The number of likely N-dealkylation sites (tertiary alicyclic amines) is 1. The molecule has 118 valence electrons. The minimum atomic E-state index is -0.597. The number of amides is 1. The molecule has 1 aromatic rings. The van der Waals surface area contributed by atoms with Crippen molar-refractivity contribution in [1.82, 2.24) is 4.90 Å². The van der Waals surface area contributed by atoms with Gasteiger partial charge < -0.3 is 14.4 Å². The number of ether oxygens (including phenoxy) is 2. The highest BCUT2D eigenvalue weighted by Crippen LogP contribution is 2.40. The Morgan fingerprint density at radius 1 is 1.50 bits per heavy atom. The van der Waals surface area contributed by atoms with Crippen molar-refractivity contribution in [2.24, 2.45) is 0 Å². The number of carbonyl (C=O) groups is 2. The predicted molar refractivity (Wildman–Crippen MR) is 81.8 cm³/mol. The smallest absolute Gasteiger partial charge is 0.223 e. The highest BCUT2D eigenvalue weighted by atomic mass is 35.5. The fourth-order valence-electron chi connectivity index (χ4n) is 3.12. The van der Waals surface area contributed by atoms with E-state index < -0.39 is 5.60 Å². The molecule has 0 saturated carbocycles. The van der Waals surface area contributed by atoms with Crippen LogP contribution in [0.3, 0.4) is 0 Å². The van der Waals surface area contributed by atoms with Gasteiger partial charge in [-0.15, -0.1) is 11.6 Å². The van der Waals surface area contributed by atoms with Crippen molar-refractivity contribution in [3.63, 3.8) is 0 Å². The van der Waals surface area contributed by atoms with Crippen molar-refractivity contribution < 1.29 is 19.1 Å². The van der Waals surface area contributed by atoms with Crippen LogP contribution in [0.25, 0.3) is 0 Å². The number of nitrogens with zero attached hydrogens (tertiary/aromatic N) is 1. The molecule has 3 rings (SSSR count). The summed E-state index contributed by atoms with van der Waals surface area (Å²) in [5.41, 5.74) is -0.0452. The van der Waals surface area contributed by atoms with E-state index in [-0.39, 0.29) is 18.1 Å². The number of hydrogen-bond acceptors (Lipinski definition) is 4. The Bertz CT molecular complexity index is 618. The lowest BCUT2D eigenvalue weighted by atomic mass is 9.89. The summed E-state index contributed by atoms with van der Waals surface area (Å²) >= 11 is 5.63. The monoisotopic (exact) mass is 323 g/mol. The van der Waals surface area contributed by atoms with Crippen LogP contribution in [0.5, 0.6) is 11.5 Å². The summed E-state index contributed by atoms with van der Waals surface area (Å²) < 4.78 is 11.3. The van der Waals surface area contributed by atoms with Crippen LogP contribution in [0.2, 0.25) is 0 Å². The summed E-state index contributed by atoms with van der Waals surface area (Å²) in [6.45, 7) is 1.05. The van der Waals surface area contributed by atoms with Crippen molar-refractivity contribution >= 4 is 23.3 Å². The van der Waals surface area contributed by atoms with Crippen molar-refractivity contribution in [2.45, 2.75) is 24.9 Å². The Morgan fingerprint density at radius 3 is 3.05 bits per heavy atom. The van der Waals surface area contributed by atoms with Gasteiger partial charge in [0.25, 0.3) is 0 Å². The SMILES string of the molecule is COc1ccc2c(c1)C(=O)CC1(CCN(C(=O)CCCl)C1)O2. The third-order valence-corrected chi connectivity index (χ3v) is 4.46. The molecule has 1 fully saturated rings. The number of hydrogen-bond donors (Lipinski definition) is 0. The fourth-order valence-corrected chi connectivity index (χ4v) is 3.29. The van der Waals surface area contributed by atoms with E-state index in [1.165, 1.54) is 0 Å². The third-order valence-electron chi connectivity index (χ3n) is 4.27. The number of alkyl halides is 1. The molecule has 0 aliphatic carbocycles. The first-order chi connectivity index (χ1) is 10.6. The molecule has 0 bridgehead atoms. The highest BCUT2D eigenvalue weighted by Gasteiger charge is 2.46. The zero-order valence-electron chi connectivity index (χ0n) is 12.4. The van der Waals surface area contributed by atoms with Gasteiger partial charge >= 0.3 is 0 Å². The van der Waals surface area contributed by atoms with Crippen LogP contribution in [0, 0.1) is 0 Å². The van der Waals surface area contributed by atoms with Gasteiger partial charge in [-0.05, 0) is 18.2 Å². The van der Waals surface area contributed by atoms with Gasteiger partial charge in [0, 0.05) is 25.3 Å². The van der Waals surface area contributed by atoms with E-state index in [2.05, 4.69) is 0 Å². The molecule has 1 spiro atoms. The van der Waals surface area contributed by atoms with Crippen molar-refractivity contribution in [3.05, 3.63) is 23.8 Å². The molecule has 0 aromatic heterocycles. The zero-order chi connectivity index (χ0) is 15.7. The van der Waals surface area contributed by atoms with Gasteiger partial charge in [0.2, 0.25) is 5.91 Å². The average Bonchev–Trinajstić information content (AvgIpc) is 2.91. The molecule has 0 radical (unpaired) electrons. The summed E-state index contributed by atoms with van der Waals surface area (Å²) in [5, 5.41) is 0. The van der Waals surface area contributed by atoms with E-state index in [0.717, 1.165) is 0 Å². The number of halogens is 1. The molecule has 2 aliphatic heterocycles. The van der Waals surface area contributed by atoms with Crippen molar-refractivity contribution in [3.8, 4) is 11.5 Å². The van der Waals surface area contributed by atoms with Gasteiger partial charge in [0.15, 0.2) is 5.78 Å². The van der Waals surface area contributed by atoms with E-state index in [4.69, 9.17) is 21.1 Å². The second kappa shape index (κ2) is 5.80. The number of methoxy groups -OCH3 is 1. The van der Waals surface area contributed by atoms with Gasteiger partial charge in [-0.1, -0.05) is 0 Å². The second-order valence-corrected chi connectivity index (χ2v) is 6.13. The van der Waals surface area contributed by atoms with E-state index in [1.807, 2.05) is 0 Å². The van der Waals surface area contributed by atoms with Crippen LogP contribution in [-0.4, -0.2) is 48.3 Å². The Balaban J connectivity index is 1.81. The standard InChI is InChI=1S/C16H18ClNO4/c1-21-11-2-3-14-12(8-11)13(19)9-16(22-14)5-7-18(10-16)15(20)4-6-17/h2-3,8H,4-7,9-10H2,1H3. The van der Waals surface area contributed by atoms with Crippen LogP contribution in [0.1, 0.15) is 29.6 Å². The van der Waals surface area contributed by atoms with Gasteiger partial charge in [-0.2, -0.15) is 0 Å². The fraction of sp³-hybridized carbons (Fsp3) is 0.500. The molecule has 1 aromatic carbocycles. The van der Waals surface area contributed by atoms with Gasteiger partial charge in [0.1, 0.15) is 17.1 Å². The van der Waals surface area contributed by atoms with Crippen LogP contribution in [0.15, 0.2) is 18.2 Å². The molecule has 0 N–H and O–H groups in total. The summed E-state index contributed by atoms with van der Waals surface area (Å²) in [4.78, 5) is 26.2. The van der Waals surface area contributed by atoms with Crippen molar-refractivity contribution in [2.75, 3.05) is 26.1 Å². The summed E-state index contributed by atoms with van der Waals surface area (Å²) in [6.07, 6.45) is 1.27. The van der Waals surface area contributed by atoms with Crippen LogP contribution in [-0.2, 0) is 4.79 Å². The summed E-state index contributed by atoms with van der Waals surface area (Å²) in [7, 11) is 1.56. The number of benzene rings is 1. The Hall–Kier alpha value is -1.75. The first-order valence-electron chi connectivity index (χ1n) is 7.31. The Labute approximate surface area is 134 Å². The van der Waals surface area contributed by atoms with Crippen molar-refractivity contribution in [1.29, 1.82) is 0 Å². The van der Waals surface area contributed by atoms with Gasteiger partial charge in [-0.3, -0.25) is 9.59 Å². The molecule has 1 atom stereocenters. The maximum Gasteiger partial charge on any atom is 0.223 e. The predicted octanol–water partition coefficient (Wildman–Crippen LogP) is 2.26. The van der Waals surface area contributed by atoms with E-state index >= 15 is 0 Å². The van der Waals surface area contributed by atoms with Gasteiger partial charge in [0.05, 0.1) is 25.6 Å². The van der Waals surface area contributed by atoms with E-state index in [1.54, 1.807) is 30.2 Å². The number of fused-ring (bicyclic) bond motifs is 1. The molecular formula is C16H18ClNO4. The minimum Gasteiger partial charge on any atom is -0.497 e. The average molecular weight is 324 g/mol. The number of carbonyl (C=O) groups excluding carboxylic acids is 2. The number of Topliss-reactive ketones (excluding diaryl/α,β-unsaturated/α-hetero) is 1. The first kappa shape index (κ1) is 15.2. The number of ketones is 1. The lowest BCUT2D eigenvalue weighted by molar-refractivity contribution is -0.130. The van der Waals surface area contributed by atoms with Crippen LogP contribution >= 0.6 is 11.6 Å². The number of rotatable bonds is 3. The maximum absolute atomic E-state index is 12.5. The van der Waals surface area contributed by atoms with Crippen LogP contribution < -0.4 is 9.47 Å². The molecule has 1 unspecified atom stereocenters. The summed E-state index contributed by atoms with van der Waals surface area (Å²) in [5.74, 6) is 1.57. The minimum absolute atomic E-state index is 0.0171. The largest absolute Gasteiger partial charge is 0.497 e. The Kier molecular flexibility index (Phi) is 4.00. The zero-order valence-corrected chi connectivity index (χ0v) is 13.2. The lowest BCUT2D eigenvalue weighted by Gasteiger charge is -2.34. The molecule has 6 heteroatoms. The third kappa shape index (κ3) is 2.65. The molecule has 5 nitrogen and oxygen atoms in total. The van der Waals surface area contributed by atoms with E-state index in [9.17, 15) is 9.59 Å². The van der Waals surface area contributed by atoms with Gasteiger partial charge in [-0.25, -0.2) is 0 Å². The molecule has 1 saturated heterocycles. The Morgan fingerprint density at radius 2 is 2.32 bits per heavy atom. The molecule has 1 amide bonds. The quantitative estimate of drug-likeness (QED) is 0.801. The topological polar surface area (TPSA) is 55.8 Å². The summed E-state index contributed by atoms with van der Waals surface area (Å²) in [6, 6.07) is 5.24. The molecular weight excluding hydrogens is 306 g/mol. The highest BCUT2D eigenvalue weighted by molar-refractivity contribution is 6.18. The van der Waals surface area contributed by atoms with E-state index in [0.29, 0.717) is 48.9 Å². The maximum atomic E-state index is 12.5. The lowest BCUT2D eigenvalue weighted by Crippen LogP contribution is -2.45. The second-order valence-electron chi connectivity index (χ2n) is 5.75.